The van der Waals surface area contributed by atoms with Crippen LogP contribution in [0.5, 0.6) is 0 Å². The van der Waals surface area contributed by atoms with Gasteiger partial charge in [0.05, 0.1) is 19.2 Å². The zero-order valence-electron chi connectivity index (χ0n) is 22.2. The molecule has 0 N–H and O–H groups in total. The van der Waals surface area contributed by atoms with Crippen LogP contribution in [0, 0.1) is 5.92 Å². The average Bonchev–Trinajstić information content (AvgIpc) is 2.65. The third-order valence-electron chi connectivity index (χ3n) is 8.80. The second-order valence-corrected chi connectivity index (χ2v) is 23.1. The van der Waals surface area contributed by atoms with Crippen LogP contribution in [0.25, 0.3) is 0 Å². The van der Waals surface area contributed by atoms with Crippen LogP contribution in [0.1, 0.15) is 98.3 Å². The van der Waals surface area contributed by atoms with Gasteiger partial charge in [-0.05, 0) is 43.3 Å². The Morgan fingerprint density at radius 3 is 2.13 bits per heavy atom. The molecular weight excluding hydrogens is 416 g/mol. The molecule has 1 aliphatic heterocycles. The molecule has 0 bridgehead atoms. The van der Waals surface area contributed by atoms with Gasteiger partial charge in [0.25, 0.3) is 0 Å². The molecule has 0 radical (unpaired) electrons. The minimum absolute atomic E-state index is 0.0602. The molecule has 31 heavy (non-hydrogen) atoms. The van der Waals surface area contributed by atoms with Crippen LogP contribution in [0.2, 0.25) is 42.8 Å². The number of carbonyl (C=O) groups excluding carboxylic acids is 1. The van der Waals surface area contributed by atoms with Gasteiger partial charge in [-0.2, -0.15) is 0 Å². The van der Waals surface area contributed by atoms with Crippen LogP contribution in [-0.4, -0.2) is 34.6 Å². The van der Waals surface area contributed by atoms with Gasteiger partial charge in [-0.15, -0.1) is 0 Å². The van der Waals surface area contributed by atoms with Crippen molar-refractivity contribution in [2.24, 2.45) is 5.92 Å². The lowest BCUT2D eigenvalue weighted by molar-refractivity contribution is -0.187. The fourth-order valence-electron chi connectivity index (χ4n) is 5.52. The van der Waals surface area contributed by atoms with Crippen molar-refractivity contribution in [3.63, 3.8) is 0 Å². The highest BCUT2D eigenvalue weighted by molar-refractivity contribution is 6.83. The summed E-state index contributed by atoms with van der Waals surface area (Å²) in [5, 5.41) is -0.0172. The molecule has 182 valence electrons. The lowest BCUT2D eigenvalue weighted by atomic mass is 9.79. The molecule has 1 heterocycles. The van der Waals surface area contributed by atoms with Crippen molar-refractivity contribution >= 4 is 22.4 Å². The van der Waals surface area contributed by atoms with Crippen molar-refractivity contribution in [3.05, 3.63) is 0 Å². The van der Waals surface area contributed by atoms with Gasteiger partial charge in [-0.1, -0.05) is 92.3 Å². The SMILES string of the molecule is CCCCCC[C@]1([Si](C)(C)C)C(=O)O[C@H]1C[C@H](O[Si](C)(C)C(C)(C)C)C1CCCCC1. The van der Waals surface area contributed by atoms with Crippen molar-refractivity contribution in [2.45, 2.75) is 153 Å². The fourth-order valence-corrected chi connectivity index (χ4v) is 9.66. The van der Waals surface area contributed by atoms with Gasteiger partial charge in [0.15, 0.2) is 8.32 Å². The first-order chi connectivity index (χ1) is 14.3. The topological polar surface area (TPSA) is 35.5 Å². The van der Waals surface area contributed by atoms with Crippen molar-refractivity contribution in [1.82, 2.24) is 0 Å². The Hall–Kier alpha value is -0.136. The molecular formula is C26H52O3Si2. The summed E-state index contributed by atoms with van der Waals surface area (Å²) in [4.78, 5) is 13.1. The molecule has 0 aromatic carbocycles. The molecule has 1 aliphatic carbocycles. The zero-order valence-corrected chi connectivity index (χ0v) is 24.2. The first-order valence-corrected chi connectivity index (χ1v) is 19.6. The predicted molar refractivity (Wildman–Crippen MR) is 138 cm³/mol. The van der Waals surface area contributed by atoms with E-state index in [0.717, 1.165) is 19.3 Å². The molecule has 2 fully saturated rings. The molecule has 0 spiro atoms. The fraction of sp³-hybridized carbons (Fsp3) is 0.962. The second kappa shape index (κ2) is 10.4. The molecule has 5 heteroatoms. The minimum Gasteiger partial charge on any atom is -0.461 e. The van der Waals surface area contributed by atoms with E-state index < -0.39 is 16.4 Å². The number of ether oxygens (including phenoxy) is 1. The molecule has 3 nitrogen and oxygen atoms in total. The van der Waals surface area contributed by atoms with Gasteiger partial charge in [-0.3, -0.25) is 4.79 Å². The summed E-state index contributed by atoms with van der Waals surface area (Å²) in [5.41, 5.74) is 0. The molecule has 0 amide bonds. The third-order valence-corrected chi connectivity index (χ3v) is 16.8. The molecule has 1 saturated heterocycles. The first-order valence-electron chi connectivity index (χ1n) is 13.1. The smallest absolute Gasteiger partial charge is 0.313 e. The van der Waals surface area contributed by atoms with Crippen LogP contribution >= 0.6 is 0 Å². The van der Waals surface area contributed by atoms with E-state index in [1.165, 1.54) is 51.4 Å². The number of hydrogen-bond acceptors (Lipinski definition) is 3. The molecule has 0 aromatic heterocycles. The Morgan fingerprint density at radius 2 is 1.65 bits per heavy atom. The summed E-state index contributed by atoms with van der Waals surface area (Å²) in [6.45, 7) is 21.2. The van der Waals surface area contributed by atoms with Crippen LogP contribution in [0.4, 0.5) is 0 Å². The van der Waals surface area contributed by atoms with E-state index in [0.29, 0.717) is 5.92 Å². The molecule has 2 rings (SSSR count). The Bertz CT molecular complexity index is 584. The maximum absolute atomic E-state index is 13.1. The van der Waals surface area contributed by atoms with E-state index in [9.17, 15) is 4.79 Å². The lowest BCUT2D eigenvalue weighted by Gasteiger charge is -2.55. The first kappa shape index (κ1) is 27.1. The van der Waals surface area contributed by atoms with E-state index in [1.54, 1.807) is 0 Å². The average molecular weight is 469 g/mol. The van der Waals surface area contributed by atoms with Crippen LogP contribution in [0.3, 0.4) is 0 Å². The Morgan fingerprint density at radius 1 is 1.03 bits per heavy atom. The van der Waals surface area contributed by atoms with Crippen LogP contribution < -0.4 is 0 Å². The van der Waals surface area contributed by atoms with E-state index in [2.05, 4.69) is 60.4 Å². The standard InChI is InChI=1S/C26H52O3Si2/c1-10-11-12-16-19-26(30(5,6)7)23(28-24(26)27)20-22(21-17-14-13-15-18-21)29-31(8,9)25(2,3)4/h21-23H,10-20H2,1-9H3/t22-,23-,26+/m0/s1. The van der Waals surface area contributed by atoms with Crippen molar-refractivity contribution in [1.29, 1.82) is 0 Å². The highest BCUT2D eigenvalue weighted by atomic mass is 28.4. The van der Waals surface area contributed by atoms with Gasteiger partial charge in [0.2, 0.25) is 0 Å². The van der Waals surface area contributed by atoms with Gasteiger partial charge < -0.3 is 9.16 Å². The van der Waals surface area contributed by atoms with Gasteiger partial charge in [-0.25, -0.2) is 0 Å². The van der Waals surface area contributed by atoms with E-state index in [-0.39, 0.29) is 28.3 Å². The summed E-state index contributed by atoms with van der Waals surface area (Å²) < 4.78 is 13.1. The summed E-state index contributed by atoms with van der Waals surface area (Å²) in [6.07, 6.45) is 13.7. The summed E-state index contributed by atoms with van der Waals surface area (Å²) in [6, 6.07) is 0. The summed E-state index contributed by atoms with van der Waals surface area (Å²) in [5.74, 6) is 0.726. The highest BCUT2D eigenvalue weighted by Crippen LogP contribution is 2.57. The summed E-state index contributed by atoms with van der Waals surface area (Å²) >= 11 is 0. The highest BCUT2D eigenvalue weighted by Gasteiger charge is 2.64. The minimum atomic E-state index is -1.88. The number of unbranched alkanes of at least 4 members (excludes halogenated alkanes) is 3. The molecule has 0 aromatic rings. The molecule has 1 saturated carbocycles. The van der Waals surface area contributed by atoms with E-state index in [1.807, 2.05) is 0 Å². The third kappa shape index (κ3) is 6.06. The summed E-state index contributed by atoms with van der Waals surface area (Å²) in [7, 11) is -3.62. The maximum atomic E-state index is 13.1. The number of cyclic esters (lactones) is 1. The van der Waals surface area contributed by atoms with Gasteiger partial charge in [0, 0.05) is 6.42 Å². The molecule has 0 unspecified atom stereocenters. The monoisotopic (exact) mass is 468 g/mol. The quantitative estimate of drug-likeness (QED) is 0.174. The van der Waals surface area contributed by atoms with E-state index >= 15 is 0 Å². The Labute approximate surface area is 195 Å². The Kier molecular flexibility index (Phi) is 9.11. The molecule has 3 atom stereocenters. The van der Waals surface area contributed by atoms with Crippen LogP contribution in [0.15, 0.2) is 0 Å². The maximum Gasteiger partial charge on any atom is 0.313 e. The molecule has 2 aliphatic rings. The van der Waals surface area contributed by atoms with E-state index in [4.69, 9.17) is 9.16 Å². The number of hydrogen-bond donors (Lipinski definition) is 0. The number of esters is 1. The van der Waals surface area contributed by atoms with Gasteiger partial charge in [0.1, 0.15) is 6.10 Å². The zero-order chi connectivity index (χ0) is 23.5. The Balaban J connectivity index is 2.25. The predicted octanol–water partition coefficient (Wildman–Crippen LogP) is 8.32. The van der Waals surface area contributed by atoms with Crippen molar-refractivity contribution in [3.8, 4) is 0 Å². The van der Waals surface area contributed by atoms with Crippen molar-refractivity contribution < 1.29 is 14.0 Å². The van der Waals surface area contributed by atoms with Gasteiger partial charge >= 0.3 is 5.97 Å². The van der Waals surface area contributed by atoms with Crippen molar-refractivity contribution in [2.75, 3.05) is 0 Å². The number of carbonyl (C=O) groups is 1. The van der Waals surface area contributed by atoms with Crippen LogP contribution in [-0.2, 0) is 14.0 Å². The normalized spacial score (nSPS) is 27.0. The second-order valence-electron chi connectivity index (χ2n) is 13.0. The largest absolute Gasteiger partial charge is 0.461 e. The number of rotatable bonds is 11. The lowest BCUT2D eigenvalue weighted by Crippen LogP contribution is -2.63.